The monoisotopic (exact) mass is 202 g/mol. The van der Waals surface area contributed by atoms with Crippen LogP contribution in [0.25, 0.3) is 0 Å². The minimum Gasteiger partial charge on any atom is -0.374 e. The van der Waals surface area contributed by atoms with Gasteiger partial charge in [0.15, 0.2) is 0 Å². The summed E-state index contributed by atoms with van der Waals surface area (Å²) in [6, 6.07) is 10.5. The Balaban J connectivity index is 1.70. The van der Waals surface area contributed by atoms with Gasteiger partial charge in [-0.1, -0.05) is 42.5 Å². The molecule has 1 heteroatoms. The van der Waals surface area contributed by atoms with Gasteiger partial charge in [-0.2, -0.15) is 0 Å². The highest BCUT2D eigenvalue weighted by Gasteiger charge is 2.07. The van der Waals surface area contributed by atoms with Gasteiger partial charge in [-0.15, -0.1) is 0 Å². The molecule has 0 radical (unpaired) electrons. The Kier molecular flexibility index (Phi) is 3.98. The molecule has 0 saturated heterocycles. The van der Waals surface area contributed by atoms with Gasteiger partial charge in [0, 0.05) is 0 Å². The zero-order chi connectivity index (χ0) is 10.3. The molecule has 0 fully saturated rings. The topological polar surface area (TPSA) is 9.23 Å². The molecule has 1 unspecified atom stereocenters. The standard InChI is InChI=1S/C14H18O/c1-3-7-13(8-4-1)11-12-15-14-9-5-2-6-10-14/h1,3-5,7-9,14H,2,6,10-12H2. The van der Waals surface area contributed by atoms with E-state index in [-0.39, 0.29) is 0 Å². The molecular weight excluding hydrogens is 184 g/mol. The smallest absolute Gasteiger partial charge is 0.0756 e. The molecule has 1 atom stereocenters. The predicted octanol–water partition coefficient (Wildman–Crippen LogP) is 3.35. The molecule has 1 aromatic carbocycles. The number of benzene rings is 1. The molecule has 0 saturated carbocycles. The van der Waals surface area contributed by atoms with Gasteiger partial charge in [0.1, 0.15) is 0 Å². The molecule has 2 rings (SSSR count). The molecule has 0 aliphatic heterocycles. The summed E-state index contributed by atoms with van der Waals surface area (Å²) in [7, 11) is 0. The normalized spacial score (nSPS) is 20.4. The van der Waals surface area contributed by atoms with Crippen LogP contribution in [0.5, 0.6) is 0 Å². The van der Waals surface area contributed by atoms with Crippen LogP contribution in [-0.2, 0) is 11.2 Å². The van der Waals surface area contributed by atoms with Crippen molar-refractivity contribution in [3.05, 3.63) is 48.0 Å². The van der Waals surface area contributed by atoms with Crippen LogP contribution >= 0.6 is 0 Å². The molecule has 80 valence electrons. The van der Waals surface area contributed by atoms with Crippen LogP contribution in [0.3, 0.4) is 0 Å². The van der Waals surface area contributed by atoms with Crippen molar-refractivity contribution in [3.8, 4) is 0 Å². The minimum absolute atomic E-state index is 0.363. The SMILES string of the molecule is C1=CC(OCCc2ccccc2)CCC1. The summed E-state index contributed by atoms with van der Waals surface area (Å²) in [6.45, 7) is 0.832. The summed E-state index contributed by atoms with van der Waals surface area (Å²) in [5, 5.41) is 0. The molecule has 0 spiro atoms. The summed E-state index contributed by atoms with van der Waals surface area (Å²) >= 11 is 0. The van der Waals surface area contributed by atoms with E-state index in [1.165, 1.54) is 24.8 Å². The lowest BCUT2D eigenvalue weighted by Gasteiger charge is -2.16. The third kappa shape index (κ3) is 3.52. The third-order valence-electron chi connectivity index (χ3n) is 2.78. The van der Waals surface area contributed by atoms with E-state index in [9.17, 15) is 0 Å². The van der Waals surface area contributed by atoms with E-state index in [1.807, 2.05) is 6.07 Å². The summed E-state index contributed by atoms with van der Waals surface area (Å²) in [4.78, 5) is 0. The number of rotatable bonds is 4. The van der Waals surface area contributed by atoms with Gasteiger partial charge in [-0.05, 0) is 31.2 Å². The Morgan fingerprint density at radius 3 is 2.80 bits per heavy atom. The molecule has 15 heavy (non-hydrogen) atoms. The van der Waals surface area contributed by atoms with Gasteiger partial charge in [0.25, 0.3) is 0 Å². The maximum Gasteiger partial charge on any atom is 0.0756 e. The van der Waals surface area contributed by atoms with Crippen LogP contribution in [0.15, 0.2) is 42.5 Å². The van der Waals surface area contributed by atoms with Gasteiger partial charge in [-0.25, -0.2) is 0 Å². The maximum absolute atomic E-state index is 5.80. The van der Waals surface area contributed by atoms with Crippen molar-refractivity contribution in [1.29, 1.82) is 0 Å². The van der Waals surface area contributed by atoms with Crippen molar-refractivity contribution in [2.24, 2.45) is 0 Å². The first kappa shape index (κ1) is 10.4. The van der Waals surface area contributed by atoms with Gasteiger partial charge in [0.05, 0.1) is 12.7 Å². The van der Waals surface area contributed by atoms with Crippen molar-refractivity contribution in [2.45, 2.75) is 31.8 Å². The fourth-order valence-corrected chi connectivity index (χ4v) is 1.89. The second-order valence-corrected chi connectivity index (χ2v) is 4.00. The molecule has 0 bridgehead atoms. The molecular formula is C14H18O. The van der Waals surface area contributed by atoms with Crippen LogP contribution in [0.1, 0.15) is 24.8 Å². The number of ether oxygens (including phenoxy) is 1. The fraction of sp³-hybridized carbons (Fsp3) is 0.429. The Morgan fingerprint density at radius 1 is 1.20 bits per heavy atom. The minimum atomic E-state index is 0.363. The van der Waals surface area contributed by atoms with Crippen molar-refractivity contribution < 1.29 is 4.74 Å². The zero-order valence-corrected chi connectivity index (χ0v) is 9.06. The lowest BCUT2D eigenvalue weighted by atomic mass is 10.1. The summed E-state index contributed by atoms with van der Waals surface area (Å²) in [5.74, 6) is 0. The maximum atomic E-state index is 5.80. The zero-order valence-electron chi connectivity index (χ0n) is 9.06. The molecule has 1 nitrogen and oxygen atoms in total. The average molecular weight is 202 g/mol. The Labute approximate surface area is 91.8 Å². The predicted molar refractivity (Wildman–Crippen MR) is 62.9 cm³/mol. The largest absolute Gasteiger partial charge is 0.374 e. The molecule has 0 heterocycles. The second kappa shape index (κ2) is 5.72. The van der Waals surface area contributed by atoms with E-state index in [2.05, 4.69) is 36.4 Å². The summed E-state index contributed by atoms with van der Waals surface area (Å²) in [5.41, 5.74) is 1.36. The quantitative estimate of drug-likeness (QED) is 0.680. The molecule has 0 N–H and O–H groups in total. The van der Waals surface area contributed by atoms with Crippen LogP contribution in [0, 0.1) is 0 Å². The van der Waals surface area contributed by atoms with E-state index in [4.69, 9.17) is 4.74 Å². The van der Waals surface area contributed by atoms with E-state index >= 15 is 0 Å². The lowest BCUT2D eigenvalue weighted by Crippen LogP contribution is -2.14. The average Bonchev–Trinajstić information content (AvgIpc) is 2.32. The van der Waals surface area contributed by atoms with Gasteiger partial charge in [-0.3, -0.25) is 0 Å². The third-order valence-corrected chi connectivity index (χ3v) is 2.78. The Hall–Kier alpha value is -1.08. The highest BCUT2D eigenvalue weighted by Crippen LogP contribution is 2.13. The first-order valence-electron chi connectivity index (χ1n) is 5.77. The highest BCUT2D eigenvalue weighted by atomic mass is 16.5. The van der Waals surface area contributed by atoms with Crippen LogP contribution in [-0.4, -0.2) is 12.7 Å². The van der Waals surface area contributed by atoms with Gasteiger partial charge in [0.2, 0.25) is 0 Å². The van der Waals surface area contributed by atoms with Crippen LogP contribution < -0.4 is 0 Å². The van der Waals surface area contributed by atoms with E-state index in [0.29, 0.717) is 6.10 Å². The summed E-state index contributed by atoms with van der Waals surface area (Å²) in [6.07, 6.45) is 9.50. The first-order chi connectivity index (χ1) is 7.45. The van der Waals surface area contributed by atoms with E-state index in [1.54, 1.807) is 0 Å². The molecule has 1 aromatic rings. The lowest BCUT2D eigenvalue weighted by molar-refractivity contribution is 0.0777. The number of allylic oxidation sites excluding steroid dienone is 1. The first-order valence-corrected chi connectivity index (χ1v) is 5.77. The Morgan fingerprint density at radius 2 is 2.07 bits per heavy atom. The second-order valence-electron chi connectivity index (χ2n) is 4.00. The van der Waals surface area contributed by atoms with Crippen molar-refractivity contribution in [3.63, 3.8) is 0 Å². The Bertz CT molecular complexity index is 302. The highest BCUT2D eigenvalue weighted by molar-refractivity contribution is 5.14. The molecule has 0 aromatic heterocycles. The van der Waals surface area contributed by atoms with E-state index < -0.39 is 0 Å². The van der Waals surface area contributed by atoms with Crippen molar-refractivity contribution in [1.82, 2.24) is 0 Å². The number of hydrogen-bond donors (Lipinski definition) is 0. The summed E-state index contributed by atoms with van der Waals surface area (Å²) < 4.78 is 5.80. The van der Waals surface area contributed by atoms with Gasteiger partial charge >= 0.3 is 0 Å². The number of hydrogen-bond acceptors (Lipinski definition) is 1. The molecule has 0 amide bonds. The molecule has 1 aliphatic rings. The van der Waals surface area contributed by atoms with Crippen LogP contribution in [0.2, 0.25) is 0 Å². The van der Waals surface area contributed by atoms with E-state index in [0.717, 1.165) is 13.0 Å². The van der Waals surface area contributed by atoms with Crippen LogP contribution in [0.4, 0.5) is 0 Å². The fourth-order valence-electron chi connectivity index (χ4n) is 1.89. The van der Waals surface area contributed by atoms with Crippen molar-refractivity contribution >= 4 is 0 Å². The van der Waals surface area contributed by atoms with Gasteiger partial charge < -0.3 is 4.74 Å². The molecule has 1 aliphatic carbocycles. The van der Waals surface area contributed by atoms with Crippen molar-refractivity contribution in [2.75, 3.05) is 6.61 Å².